The van der Waals surface area contributed by atoms with Crippen LogP contribution in [0, 0.1) is 12.7 Å². The van der Waals surface area contributed by atoms with Gasteiger partial charge in [0.25, 0.3) is 5.91 Å². The van der Waals surface area contributed by atoms with Crippen LogP contribution < -0.4 is 5.32 Å². The van der Waals surface area contributed by atoms with E-state index in [0.717, 1.165) is 16.1 Å². The minimum absolute atomic E-state index is 0.0477. The van der Waals surface area contributed by atoms with E-state index < -0.39 is 0 Å². The highest BCUT2D eigenvalue weighted by Crippen LogP contribution is 2.30. The fourth-order valence-electron chi connectivity index (χ4n) is 1.79. The third-order valence-corrected chi connectivity index (χ3v) is 3.71. The Morgan fingerprint density at radius 2 is 2.05 bits per heavy atom. The Morgan fingerprint density at radius 1 is 1.32 bits per heavy atom. The normalized spacial score (nSPS) is 10.7. The van der Waals surface area contributed by atoms with Gasteiger partial charge in [-0.15, -0.1) is 11.3 Å². The van der Waals surface area contributed by atoms with E-state index in [0.29, 0.717) is 18.3 Å². The van der Waals surface area contributed by atoms with Gasteiger partial charge < -0.3 is 9.47 Å². The van der Waals surface area contributed by atoms with Crippen molar-refractivity contribution in [2.75, 3.05) is 32.2 Å². The maximum Gasteiger partial charge on any atom is 0.252 e. The van der Waals surface area contributed by atoms with Crippen molar-refractivity contribution in [3.63, 3.8) is 0 Å². The van der Waals surface area contributed by atoms with Crippen molar-refractivity contribution in [1.82, 2.24) is 4.98 Å². The summed E-state index contributed by atoms with van der Waals surface area (Å²) in [6.07, 6.45) is 0. The fraction of sp³-hybridized carbons (Fsp3) is 0.333. The molecule has 1 heterocycles. The van der Waals surface area contributed by atoms with Gasteiger partial charge in [0.05, 0.1) is 18.9 Å². The molecule has 5 nitrogen and oxygen atoms in total. The number of carbonyl (C=O) groups is 1. The molecule has 2 aromatic rings. The van der Waals surface area contributed by atoms with E-state index >= 15 is 0 Å². The molecule has 7 heteroatoms. The summed E-state index contributed by atoms with van der Waals surface area (Å²) in [6.45, 7) is 2.66. The van der Waals surface area contributed by atoms with Gasteiger partial charge in [-0.2, -0.15) is 0 Å². The number of nitrogens with one attached hydrogen (secondary N) is 1. The first-order valence-electron chi connectivity index (χ1n) is 6.70. The summed E-state index contributed by atoms with van der Waals surface area (Å²) in [5.41, 5.74) is 1.55. The number of aromatic nitrogens is 1. The van der Waals surface area contributed by atoms with Crippen LogP contribution in [0.3, 0.4) is 0 Å². The largest absolute Gasteiger partial charge is 0.382 e. The van der Waals surface area contributed by atoms with Crippen LogP contribution in [0.15, 0.2) is 24.3 Å². The van der Waals surface area contributed by atoms with Crippen molar-refractivity contribution < 1.29 is 18.7 Å². The molecule has 0 saturated heterocycles. The van der Waals surface area contributed by atoms with Crippen molar-refractivity contribution in [2.45, 2.75) is 6.92 Å². The van der Waals surface area contributed by atoms with Crippen LogP contribution in [0.4, 0.5) is 9.52 Å². The molecule has 0 unspecified atom stereocenters. The van der Waals surface area contributed by atoms with E-state index in [9.17, 15) is 9.18 Å². The summed E-state index contributed by atoms with van der Waals surface area (Å²) >= 11 is 1.37. The molecule has 0 aliphatic rings. The number of amides is 1. The predicted octanol–water partition coefficient (Wildman–Crippen LogP) is 2.86. The molecule has 0 atom stereocenters. The quantitative estimate of drug-likeness (QED) is 0.796. The van der Waals surface area contributed by atoms with E-state index in [-0.39, 0.29) is 18.3 Å². The highest BCUT2D eigenvalue weighted by atomic mass is 32.1. The summed E-state index contributed by atoms with van der Waals surface area (Å²) in [6, 6.07) is 6.10. The van der Waals surface area contributed by atoms with Crippen LogP contribution in [0.25, 0.3) is 11.3 Å². The lowest BCUT2D eigenvalue weighted by Gasteiger charge is -2.03. The number of nitrogens with zero attached hydrogens (tertiary/aromatic N) is 1. The smallest absolute Gasteiger partial charge is 0.252 e. The zero-order valence-corrected chi connectivity index (χ0v) is 13.2. The Hall–Kier alpha value is -1.83. The number of hydrogen-bond acceptors (Lipinski definition) is 5. The second kappa shape index (κ2) is 7.98. The summed E-state index contributed by atoms with van der Waals surface area (Å²) in [7, 11) is 1.57. The minimum atomic E-state index is -0.293. The van der Waals surface area contributed by atoms with E-state index in [1.54, 1.807) is 19.2 Å². The van der Waals surface area contributed by atoms with Crippen LogP contribution in [-0.2, 0) is 14.3 Å². The third kappa shape index (κ3) is 4.59. The third-order valence-electron chi connectivity index (χ3n) is 2.83. The molecule has 0 aliphatic heterocycles. The van der Waals surface area contributed by atoms with E-state index in [4.69, 9.17) is 9.47 Å². The van der Waals surface area contributed by atoms with Crippen LogP contribution in [0.2, 0.25) is 0 Å². The topological polar surface area (TPSA) is 60.5 Å². The number of ether oxygens (including phenoxy) is 2. The molecule has 0 spiro atoms. The van der Waals surface area contributed by atoms with Crippen LogP contribution >= 0.6 is 11.3 Å². The molecule has 1 N–H and O–H groups in total. The lowest BCUT2D eigenvalue weighted by Crippen LogP contribution is -2.19. The van der Waals surface area contributed by atoms with E-state index in [1.165, 1.54) is 23.5 Å². The Morgan fingerprint density at radius 3 is 2.73 bits per heavy atom. The SMILES string of the molecule is COCCOCC(=O)Nc1nc(-c2ccc(F)cc2)c(C)s1. The molecule has 1 aromatic heterocycles. The predicted molar refractivity (Wildman–Crippen MR) is 83.6 cm³/mol. The van der Waals surface area contributed by atoms with Crippen molar-refractivity contribution in [3.05, 3.63) is 35.0 Å². The van der Waals surface area contributed by atoms with Crippen LogP contribution in [0.1, 0.15) is 4.88 Å². The minimum Gasteiger partial charge on any atom is -0.382 e. The molecule has 0 radical (unpaired) electrons. The van der Waals surface area contributed by atoms with Gasteiger partial charge in [0.1, 0.15) is 12.4 Å². The summed E-state index contributed by atoms with van der Waals surface area (Å²) < 4.78 is 22.9. The number of halogens is 1. The molecule has 1 aromatic carbocycles. The molecule has 118 valence electrons. The number of hydrogen-bond donors (Lipinski definition) is 1. The number of thiazole rings is 1. The first kappa shape index (κ1) is 16.5. The van der Waals surface area contributed by atoms with E-state index in [2.05, 4.69) is 10.3 Å². The summed E-state index contributed by atoms with van der Waals surface area (Å²) in [5, 5.41) is 3.19. The van der Waals surface area contributed by atoms with Crippen LogP contribution in [-0.4, -0.2) is 37.8 Å². The summed E-state index contributed by atoms with van der Waals surface area (Å²) in [4.78, 5) is 17.0. The lowest BCUT2D eigenvalue weighted by atomic mass is 10.1. The number of carbonyl (C=O) groups excluding carboxylic acids is 1. The zero-order chi connectivity index (χ0) is 15.9. The molecule has 0 bridgehead atoms. The fourth-order valence-corrected chi connectivity index (χ4v) is 2.64. The Kier molecular flexibility index (Phi) is 6.00. The summed E-state index contributed by atoms with van der Waals surface area (Å²) in [5.74, 6) is -0.561. The highest BCUT2D eigenvalue weighted by molar-refractivity contribution is 7.16. The second-order valence-electron chi connectivity index (χ2n) is 4.52. The number of anilines is 1. The van der Waals surface area contributed by atoms with Gasteiger partial charge in [-0.3, -0.25) is 10.1 Å². The van der Waals surface area contributed by atoms with Crippen LogP contribution in [0.5, 0.6) is 0 Å². The van der Waals surface area contributed by atoms with Crippen molar-refractivity contribution >= 4 is 22.4 Å². The highest BCUT2D eigenvalue weighted by Gasteiger charge is 2.12. The first-order valence-corrected chi connectivity index (χ1v) is 7.51. The van der Waals surface area contributed by atoms with Gasteiger partial charge in [0.2, 0.25) is 0 Å². The maximum atomic E-state index is 13.0. The molecular weight excluding hydrogens is 307 g/mol. The molecule has 2 rings (SSSR count). The molecule has 0 fully saturated rings. The first-order chi connectivity index (χ1) is 10.6. The molecule has 0 aliphatic carbocycles. The Balaban J connectivity index is 1.97. The number of aryl methyl sites for hydroxylation is 1. The molecule has 22 heavy (non-hydrogen) atoms. The van der Waals surface area contributed by atoms with Gasteiger partial charge in [0, 0.05) is 17.6 Å². The second-order valence-corrected chi connectivity index (χ2v) is 5.73. The van der Waals surface area contributed by atoms with Crippen molar-refractivity contribution in [1.29, 1.82) is 0 Å². The number of methoxy groups -OCH3 is 1. The Labute approximate surface area is 132 Å². The standard InChI is InChI=1S/C15H17FN2O3S/c1-10-14(11-3-5-12(16)6-4-11)18-15(22-10)17-13(19)9-21-8-7-20-2/h3-6H,7-9H2,1-2H3,(H,17,18,19). The molecular formula is C15H17FN2O3S. The van der Waals surface area contributed by atoms with Crippen molar-refractivity contribution in [3.8, 4) is 11.3 Å². The van der Waals surface area contributed by atoms with E-state index in [1.807, 2.05) is 6.92 Å². The average Bonchev–Trinajstić information content (AvgIpc) is 2.85. The number of rotatable bonds is 7. The Bertz CT molecular complexity index is 628. The van der Waals surface area contributed by atoms with Gasteiger partial charge >= 0.3 is 0 Å². The lowest BCUT2D eigenvalue weighted by molar-refractivity contribution is -0.121. The monoisotopic (exact) mass is 324 g/mol. The number of benzene rings is 1. The van der Waals surface area contributed by atoms with Gasteiger partial charge in [-0.05, 0) is 31.2 Å². The average molecular weight is 324 g/mol. The van der Waals surface area contributed by atoms with Crippen molar-refractivity contribution in [2.24, 2.45) is 0 Å². The van der Waals surface area contributed by atoms with Gasteiger partial charge in [0.15, 0.2) is 5.13 Å². The maximum absolute atomic E-state index is 13.0. The molecule has 1 amide bonds. The zero-order valence-electron chi connectivity index (χ0n) is 12.4. The van der Waals surface area contributed by atoms with Gasteiger partial charge in [-0.1, -0.05) is 0 Å². The molecule has 0 saturated carbocycles. The van der Waals surface area contributed by atoms with Gasteiger partial charge in [-0.25, -0.2) is 9.37 Å².